The summed E-state index contributed by atoms with van der Waals surface area (Å²) in [5.74, 6) is 0.949. The molecule has 0 atom stereocenters. The van der Waals surface area contributed by atoms with Crippen LogP contribution >= 0.6 is 0 Å². The summed E-state index contributed by atoms with van der Waals surface area (Å²) in [6.07, 6.45) is 0.960. The van der Waals surface area contributed by atoms with E-state index in [2.05, 4.69) is 45.1 Å². The molecule has 0 heterocycles. The minimum absolute atomic E-state index is 0.0711. The molecule has 0 aliphatic carbocycles. The van der Waals surface area contributed by atoms with Crippen LogP contribution in [-0.4, -0.2) is 20.2 Å². The van der Waals surface area contributed by atoms with Crippen LogP contribution in [0.3, 0.4) is 0 Å². The van der Waals surface area contributed by atoms with E-state index in [1.165, 1.54) is 11.1 Å². The summed E-state index contributed by atoms with van der Waals surface area (Å²) in [7, 11) is 1.73. The van der Waals surface area contributed by atoms with Gasteiger partial charge in [-0.05, 0) is 36.9 Å². The predicted molar refractivity (Wildman–Crippen MR) is 78.6 cm³/mol. The number of nitrogens with two attached hydrogens (primary N) is 1. The molecule has 0 aromatic heterocycles. The molecule has 0 aliphatic rings. The minimum atomic E-state index is 0.0711. The highest BCUT2D eigenvalue weighted by Crippen LogP contribution is 2.38. The summed E-state index contributed by atoms with van der Waals surface area (Å²) in [5.41, 5.74) is 9.14. The maximum absolute atomic E-state index is 5.59. The largest absolute Gasteiger partial charge is 0.494 e. The molecule has 0 fully saturated rings. The molecule has 1 rings (SSSR count). The van der Waals surface area contributed by atoms with Crippen molar-refractivity contribution in [1.82, 2.24) is 0 Å². The summed E-state index contributed by atoms with van der Waals surface area (Å²) < 4.78 is 5.59. The number of benzene rings is 1. The van der Waals surface area contributed by atoms with Crippen molar-refractivity contribution in [2.24, 2.45) is 5.73 Å². The van der Waals surface area contributed by atoms with Crippen LogP contribution in [0.4, 0.5) is 5.69 Å². The van der Waals surface area contributed by atoms with Gasteiger partial charge in [0, 0.05) is 12.1 Å². The van der Waals surface area contributed by atoms with Gasteiger partial charge in [0.25, 0.3) is 0 Å². The quantitative estimate of drug-likeness (QED) is 0.790. The molecule has 102 valence electrons. The van der Waals surface area contributed by atoms with Gasteiger partial charge >= 0.3 is 0 Å². The van der Waals surface area contributed by atoms with Gasteiger partial charge < -0.3 is 15.8 Å². The highest BCUT2D eigenvalue weighted by Gasteiger charge is 2.21. The number of hydrogen-bond donors (Lipinski definition) is 2. The molecule has 0 radical (unpaired) electrons. The van der Waals surface area contributed by atoms with Crippen molar-refractivity contribution < 1.29 is 4.74 Å². The lowest BCUT2D eigenvalue weighted by Gasteiger charge is -2.25. The van der Waals surface area contributed by atoms with Crippen LogP contribution in [0.1, 0.15) is 38.3 Å². The van der Waals surface area contributed by atoms with Gasteiger partial charge in [-0.2, -0.15) is 0 Å². The zero-order valence-corrected chi connectivity index (χ0v) is 12.3. The van der Waals surface area contributed by atoms with Gasteiger partial charge in [-0.1, -0.05) is 26.8 Å². The molecule has 0 amide bonds. The van der Waals surface area contributed by atoms with Crippen molar-refractivity contribution in [3.8, 4) is 5.75 Å². The Morgan fingerprint density at radius 2 is 1.94 bits per heavy atom. The minimum Gasteiger partial charge on any atom is -0.494 e. The van der Waals surface area contributed by atoms with E-state index >= 15 is 0 Å². The lowest BCUT2D eigenvalue weighted by molar-refractivity contribution is 0.399. The topological polar surface area (TPSA) is 47.3 Å². The van der Waals surface area contributed by atoms with Gasteiger partial charge in [-0.25, -0.2) is 0 Å². The first-order valence-corrected chi connectivity index (χ1v) is 6.53. The Morgan fingerprint density at radius 3 is 2.44 bits per heavy atom. The molecule has 0 saturated heterocycles. The van der Waals surface area contributed by atoms with E-state index in [4.69, 9.17) is 10.5 Å². The molecule has 0 unspecified atom stereocenters. The molecular weight excluding hydrogens is 224 g/mol. The van der Waals surface area contributed by atoms with Crippen molar-refractivity contribution in [3.05, 3.63) is 23.3 Å². The van der Waals surface area contributed by atoms with Gasteiger partial charge in [-0.3, -0.25) is 0 Å². The second kappa shape index (κ2) is 6.10. The van der Waals surface area contributed by atoms with Gasteiger partial charge in [-0.15, -0.1) is 0 Å². The highest BCUT2D eigenvalue weighted by molar-refractivity contribution is 5.63. The second-order valence-corrected chi connectivity index (χ2v) is 5.71. The number of hydrogen-bond acceptors (Lipinski definition) is 3. The molecule has 1 aromatic carbocycles. The SMILES string of the molecule is COc1c(NCCCN)cc(C)cc1C(C)(C)C. The maximum Gasteiger partial charge on any atom is 0.145 e. The Morgan fingerprint density at radius 1 is 1.28 bits per heavy atom. The molecule has 1 aromatic rings. The van der Waals surface area contributed by atoms with Crippen molar-refractivity contribution in [1.29, 1.82) is 0 Å². The van der Waals surface area contributed by atoms with Crippen LogP contribution in [-0.2, 0) is 5.41 Å². The average molecular weight is 250 g/mol. The van der Waals surface area contributed by atoms with Gasteiger partial charge in [0.05, 0.1) is 12.8 Å². The summed E-state index contributed by atoms with van der Waals surface area (Å²) >= 11 is 0. The van der Waals surface area contributed by atoms with Crippen molar-refractivity contribution in [3.63, 3.8) is 0 Å². The van der Waals surface area contributed by atoms with Crippen LogP contribution in [0.15, 0.2) is 12.1 Å². The monoisotopic (exact) mass is 250 g/mol. The number of nitrogens with one attached hydrogen (secondary N) is 1. The Kier molecular flexibility index (Phi) is 5.03. The predicted octanol–water partition coefficient (Wildman–Crippen LogP) is 3.06. The fraction of sp³-hybridized carbons (Fsp3) is 0.600. The molecule has 3 N–H and O–H groups in total. The van der Waals surface area contributed by atoms with Crippen LogP contribution in [0.25, 0.3) is 0 Å². The Bertz CT molecular complexity index is 394. The summed E-state index contributed by atoms with van der Waals surface area (Å²) in [4.78, 5) is 0. The fourth-order valence-corrected chi connectivity index (χ4v) is 2.01. The van der Waals surface area contributed by atoms with E-state index < -0.39 is 0 Å². The van der Waals surface area contributed by atoms with E-state index in [0.29, 0.717) is 6.54 Å². The third kappa shape index (κ3) is 3.64. The summed E-state index contributed by atoms with van der Waals surface area (Å²) in [6.45, 7) is 10.3. The summed E-state index contributed by atoms with van der Waals surface area (Å²) in [6, 6.07) is 4.33. The fourth-order valence-electron chi connectivity index (χ4n) is 2.01. The third-order valence-electron chi connectivity index (χ3n) is 2.94. The van der Waals surface area contributed by atoms with E-state index in [9.17, 15) is 0 Å². The normalized spacial score (nSPS) is 11.4. The van der Waals surface area contributed by atoms with Gasteiger partial charge in [0.1, 0.15) is 5.75 Å². The molecular formula is C15H26N2O. The molecule has 0 saturated carbocycles. The number of anilines is 1. The lowest BCUT2D eigenvalue weighted by atomic mass is 9.85. The average Bonchev–Trinajstić information content (AvgIpc) is 2.27. The van der Waals surface area contributed by atoms with Crippen molar-refractivity contribution >= 4 is 5.69 Å². The number of aryl methyl sites for hydroxylation is 1. The standard InChI is InChI=1S/C15H26N2O/c1-11-9-12(15(2,3)4)14(18-5)13(10-11)17-8-6-7-16/h9-10,17H,6-8,16H2,1-5H3. The molecule has 3 heteroatoms. The zero-order valence-electron chi connectivity index (χ0n) is 12.3. The van der Waals surface area contributed by atoms with Crippen LogP contribution in [0.2, 0.25) is 0 Å². The maximum atomic E-state index is 5.59. The Labute approximate surface area is 111 Å². The third-order valence-corrected chi connectivity index (χ3v) is 2.94. The molecule has 0 bridgehead atoms. The molecule has 0 spiro atoms. The van der Waals surface area contributed by atoms with Crippen molar-refractivity contribution in [2.75, 3.05) is 25.5 Å². The molecule has 0 aliphatic heterocycles. The van der Waals surface area contributed by atoms with E-state index in [-0.39, 0.29) is 5.41 Å². The smallest absolute Gasteiger partial charge is 0.145 e. The zero-order chi connectivity index (χ0) is 13.8. The van der Waals surface area contributed by atoms with Crippen LogP contribution < -0.4 is 15.8 Å². The number of ether oxygens (including phenoxy) is 1. The molecule has 3 nitrogen and oxygen atoms in total. The van der Waals surface area contributed by atoms with Gasteiger partial charge in [0.2, 0.25) is 0 Å². The Hall–Kier alpha value is -1.22. The first-order chi connectivity index (χ1) is 8.40. The van der Waals surface area contributed by atoms with Gasteiger partial charge in [0.15, 0.2) is 0 Å². The summed E-state index contributed by atoms with van der Waals surface area (Å²) in [5, 5.41) is 3.41. The first-order valence-electron chi connectivity index (χ1n) is 6.53. The van der Waals surface area contributed by atoms with E-state index in [0.717, 1.165) is 24.4 Å². The van der Waals surface area contributed by atoms with Crippen LogP contribution in [0, 0.1) is 6.92 Å². The van der Waals surface area contributed by atoms with E-state index in [1.807, 2.05) is 0 Å². The van der Waals surface area contributed by atoms with E-state index in [1.54, 1.807) is 7.11 Å². The Balaban J connectivity index is 3.12. The lowest BCUT2D eigenvalue weighted by Crippen LogP contribution is -2.15. The van der Waals surface area contributed by atoms with Crippen molar-refractivity contribution in [2.45, 2.75) is 39.5 Å². The molecule has 18 heavy (non-hydrogen) atoms. The second-order valence-electron chi connectivity index (χ2n) is 5.71. The number of methoxy groups -OCH3 is 1. The van der Waals surface area contributed by atoms with Crippen LogP contribution in [0.5, 0.6) is 5.75 Å². The number of rotatable bonds is 5. The first kappa shape index (κ1) is 14.8. The highest BCUT2D eigenvalue weighted by atomic mass is 16.5.